The number of hydrogen-bond donors (Lipinski definition) is 2. The van der Waals surface area contributed by atoms with Gasteiger partial charge in [-0.3, -0.25) is 4.79 Å². The molecule has 3 aromatic rings. The second kappa shape index (κ2) is 4.76. The fourth-order valence-corrected chi connectivity index (χ4v) is 2.81. The Hall–Kier alpha value is -2.14. The van der Waals surface area contributed by atoms with Crippen LogP contribution in [0.15, 0.2) is 45.7 Å². The summed E-state index contributed by atoms with van der Waals surface area (Å²) in [5.74, 6) is -0.0826. The highest BCUT2D eigenvalue weighted by Gasteiger charge is 2.13. The Morgan fingerprint density at radius 3 is 2.55 bits per heavy atom. The van der Waals surface area contributed by atoms with Crippen LogP contribution in [0.3, 0.4) is 0 Å². The van der Waals surface area contributed by atoms with Gasteiger partial charge in [0.15, 0.2) is 5.78 Å². The van der Waals surface area contributed by atoms with Crippen LogP contribution in [0.1, 0.15) is 21.5 Å². The predicted octanol–water partition coefficient (Wildman–Crippen LogP) is 3.16. The quantitative estimate of drug-likeness (QED) is 0.709. The summed E-state index contributed by atoms with van der Waals surface area (Å²) in [6.07, 6.45) is 0. The number of benzene rings is 2. The molecule has 1 aromatic heterocycles. The van der Waals surface area contributed by atoms with E-state index in [-0.39, 0.29) is 11.5 Å². The monoisotopic (exact) mass is 330 g/mol. The first-order chi connectivity index (χ1) is 9.54. The first kappa shape index (κ1) is 12.9. The van der Waals surface area contributed by atoms with Gasteiger partial charge in [-0.15, -0.1) is 0 Å². The molecule has 0 bridgehead atoms. The fourth-order valence-electron chi connectivity index (χ4n) is 2.13. The number of nitrogens with one attached hydrogen (secondary N) is 2. The Bertz CT molecular complexity index is 877. The molecule has 0 fully saturated rings. The molecule has 0 saturated heterocycles. The van der Waals surface area contributed by atoms with Crippen molar-refractivity contribution in [3.05, 3.63) is 68.0 Å². The van der Waals surface area contributed by atoms with Gasteiger partial charge in [-0.2, -0.15) is 0 Å². The van der Waals surface area contributed by atoms with Crippen LogP contribution in [-0.4, -0.2) is 15.8 Å². The first-order valence-corrected chi connectivity index (χ1v) is 6.87. The average molecular weight is 331 g/mol. The molecule has 0 unspecified atom stereocenters. The van der Waals surface area contributed by atoms with E-state index in [1.807, 2.05) is 19.1 Å². The van der Waals surface area contributed by atoms with Gasteiger partial charge in [0, 0.05) is 15.6 Å². The minimum Gasteiger partial charge on any atom is -0.306 e. The van der Waals surface area contributed by atoms with Crippen molar-refractivity contribution in [2.75, 3.05) is 0 Å². The van der Waals surface area contributed by atoms with Gasteiger partial charge < -0.3 is 9.97 Å². The molecular weight excluding hydrogens is 320 g/mol. The van der Waals surface area contributed by atoms with Gasteiger partial charge >= 0.3 is 5.69 Å². The summed E-state index contributed by atoms with van der Waals surface area (Å²) in [4.78, 5) is 29.0. The van der Waals surface area contributed by atoms with Crippen molar-refractivity contribution < 1.29 is 4.79 Å². The van der Waals surface area contributed by atoms with Crippen molar-refractivity contribution in [1.29, 1.82) is 0 Å². The van der Waals surface area contributed by atoms with Crippen molar-refractivity contribution in [1.82, 2.24) is 9.97 Å². The standard InChI is InChI=1S/C15H11BrN2O2/c1-8-2-4-10(11(16)6-8)14(19)9-3-5-12-13(7-9)18-15(20)17-12/h2-7H,1H3,(H2,17,18,20). The van der Waals surface area contributed by atoms with E-state index in [2.05, 4.69) is 25.9 Å². The number of H-pyrrole nitrogens is 2. The number of rotatable bonds is 2. The maximum absolute atomic E-state index is 12.5. The van der Waals surface area contributed by atoms with E-state index >= 15 is 0 Å². The molecular formula is C15H11BrN2O2. The molecule has 0 radical (unpaired) electrons. The van der Waals surface area contributed by atoms with Crippen molar-refractivity contribution >= 4 is 32.7 Å². The van der Waals surface area contributed by atoms with Gasteiger partial charge in [0.1, 0.15) is 0 Å². The Morgan fingerprint density at radius 2 is 1.80 bits per heavy atom. The summed E-state index contributed by atoms with van der Waals surface area (Å²) in [7, 11) is 0. The average Bonchev–Trinajstić information content (AvgIpc) is 2.77. The van der Waals surface area contributed by atoms with Gasteiger partial charge in [-0.25, -0.2) is 4.79 Å². The number of carbonyl (C=O) groups is 1. The highest BCUT2D eigenvalue weighted by atomic mass is 79.9. The molecule has 2 N–H and O–H groups in total. The van der Waals surface area contributed by atoms with E-state index in [9.17, 15) is 9.59 Å². The minimum atomic E-state index is -0.277. The molecule has 5 heteroatoms. The van der Waals surface area contributed by atoms with Crippen LogP contribution in [-0.2, 0) is 0 Å². The number of aryl methyl sites for hydroxylation is 1. The van der Waals surface area contributed by atoms with Gasteiger partial charge in [0.05, 0.1) is 11.0 Å². The molecule has 0 atom stereocenters. The molecule has 0 amide bonds. The second-order valence-corrected chi connectivity index (χ2v) is 5.51. The molecule has 100 valence electrons. The SMILES string of the molecule is Cc1ccc(C(=O)c2ccc3[nH]c(=O)[nH]c3c2)c(Br)c1. The third-order valence-corrected chi connectivity index (χ3v) is 3.80. The van der Waals surface area contributed by atoms with E-state index in [4.69, 9.17) is 0 Å². The number of halogens is 1. The minimum absolute atomic E-state index is 0.0826. The topological polar surface area (TPSA) is 65.7 Å². The third-order valence-electron chi connectivity index (χ3n) is 3.15. The number of aromatic amines is 2. The van der Waals surface area contributed by atoms with Crippen LogP contribution in [0.25, 0.3) is 11.0 Å². The van der Waals surface area contributed by atoms with Gasteiger partial charge in [-0.1, -0.05) is 22.0 Å². The summed E-state index contributed by atoms with van der Waals surface area (Å²) >= 11 is 3.41. The number of ketones is 1. The fraction of sp³-hybridized carbons (Fsp3) is 0.0667. The summed E-state index contributed by atoms with van der Waals surface area (Å²) in [5, 5.41) is 0. The number of imidazole rings is 1. The van der Waals surface area contributed by atoms with E-state index in [1.54, 1.807) is 24.3 Å². The van der Waals surface area contributed by atoms with Crippen molar-refractivity contribution in [2.24, 2.45) is 0 Å². The van der Waals surface area contributed by atoms with E-state index in [0.717, 1.165) is 10.0 Å². The van der Waals surface area contributed by atoms with E-state index in [1.165, 1.54) is 0 Å². The molecule has 0 saturated carbocycles. The summed E-state index contributed by atoms with van der Waals surface area (Å²) in [6, 6.07) is 10.7. The maximum Gasteiger partial charge on any atom is 0.323 e. The van der Waals surface area contributed by atoms with Crippen molar-refractivity contribution in [2.45, 2.75) is 6.92 Å². The molecule has 0 aliphatic rings. The molecule has 3 rings (SSSR count). The lowest BCUT2D eigenvalue weighted by Gasteiger charge is -2.05. The van der Waals surface area contributed by atoms with Gasteiger partial charge in [0.25, 0.3) is 0 Å². The number of aromatic nitrogens is 2. The summed E-state index contributed by atoms with van der Waals surface area (Å²) in [5.41, 5.74) is 3.27. The Morgan fingerprint density at radius 1 is 1.05 bits per heavy atom. The molecule has 0 aliphatic carbocycles. The van der Waals surface area contributed by atoms with Crippen LogP contribution >= 0.6 is 15.9 Å². The Kier molecular flexibility index (Phi) is 3.06. The number of hydrogen-bond acceptors (Lipinski definition) is 2. The highest BCUT2D eigenvalue weighted by Crippen LogP contribution is 2.22. The maximum atomic E-state index is 12.5. The molecule has 0 spiro atoms. The van der Waals surface area contributed by atoms with Crippen LogP contribution in [0.5, 0.6) is 0 Å². The van der Waals surface area contributed by atoms with Gasteiger partial charge in [-0.05, 0) is 42.8 Å². The molecule has 4 nitrogen and oxygen atoms in total. The van der Waals surface area contributed by atoms with Crippen LogP contribution in [0, 0.1) is 6.92 Å². The number of carbonyl (C=O) groups excluding carboxylic acids is 1. The van der Waals surface area contributed by atoms with Crippen LogP contribution < -0.4 is 5.69 Å². The van der Waals surface area contributed by atoms with E-state index in [0.29, 0.717) is 22.2 Å². The number of fused-ring (bicyclic) bond motifs is 1. The lowest BCUT2D eigenvalue weighted by molar-refractivity contribution is 0.103. The summed E-state index contributed by atoms with van der Waals surface area (Å²) in [6.45, 7) is 1.97. The van der Waals surface area contributed by atoms with Crippen LogP contribution in [0.4, 0.5) is 0 Å². The Labute approximate surface area is 123 Å². The third kappa shape index (κ3) is 2.20. The first-order valence-electron chi connectivity index (χ1n) is 6.07. The van der Waals surface area contributed by atoms with Crippen molar-refractivity contribution in [3.8, 4) is 0 Å². The lowest BCUT2D eigenvalue weighted by Crippen LogP contribution is -2.02. The normalized spacial score (nSPS) is 10.9. The molecule has 20 heavy (non-hydrogen) atoms. The molecule has 1 heterocycles. The smallest absolute Gasteiger partial charge is 0.306 e. The lowest BCUT2D eigenvalue weighted by atomic mass is 10.0. The van der Waals surface area contributed by atoms with Crippen molar-refractivity contribution in [3.63, 3.8) is 0 Å². The second-order valence-electron chi connectivity index (χ2n) is 4.65. The zero-order valence-electron chi connectivity index (χ0n) is 10.7. The molecule has 0 aliphatic heterocycles. The Balaban J connectivity index is 2.09. The van der Waals surface area contributed by atoms with Crippen LogP contribution in [0.2, 0.25) is 0 Å². The largest absolute Gasteiger partial charge is 0.323 e. The zero-order valence-corrected chi connectivity index (χ0v) is 12.2. The summed E-state index contributed by atoms with van der Waals surface area (Å²) < 4.78 is 0.769. The zero-order chi connectivity index (χ0) is 14.3. The predicted molar refractivity (Wildman–Crippen MR) is 81.2 cm³/mol. The molecule has 2 aromatic carbocycles. The highest BCUT2D eigenvalue weighted by molar-refractivity contribution is 9.10. The van der Waals surface area contributed by atoms with Gasteiger partial charge in [0.2, 0.25) is 0 Å². The van der Waals surface area contributed by atoms with E-state index < -0.39 is 0 Å².